The molecule has 0 amide bonds. The number of nitrogens with one attached hydrogen (secondary N) is 1. The Labute approximate surface area is 323 Å². The lowest BCUT2D eigenvalue weighted by Crippen LogP contribution is -2.67. The minimum absolute atomic E-state index is 0.0212. The summed E-state index contributed by atoms with van der Waals surface area (Å²) in [5.74, 6) is 0.737. The van der Waals surface area contributed by atoms with Crippen LogP contribution in [0.2, 0.25) is 5.04 Å². The lowest BCUT2D eigenvalue weighted by Gasteiger charge is -2.44. The molecule has 290 valence electrons. The Balaban J connectivity index is 1.15. The number of nitrogens with zero attached hydrogens (tertiary/aromatic N) is 6. The molecule has 0 aliphatic carbocycles. The Bertz CT molecular complexity index is 1930. The third-order valence-corrected chi connectivity index (χ3v) is 16.4. The number of likely N-dealkylation sites (tertiary alicyclic amines) is 1. The van der Waals surface area contributed by atoms with Crippen LogP contribution < -0.4 is 30.2 Å². The van der Waals surface area contributed by atoms with Crippen molar-refractivity contribution < 1.29 is 22.3 Å². The predicted octanol–water partition coefficient (Wildman–Crippen LogP) is 5.78. The Hall–Kier alpha value is -4.48. The summed E-state index contributed by atoms with van der Waals surface area (Å²) in [6.07, 6.45) is -2.92. The molecule has 0 radical (unpaired) electrons. The van der Waals surface area contributed by atoms with Gasteiger partial charge in [0.15, 0.2) is 0 Å². The summed E-state index contributed by atoms with van der Waals surface area (Å²) in [4.78, 5) is 16.0. The largest absolute Gasteiger partial charge is 0.462 e. The van der Waals surface area contributed by atoms with E-state index in [2.05, 4.69) is 97.5 Å². The number of piperazine rings is 1. The lowest BCUT2D eigenvalue weighted by molar-refractivity contribution is -0.137. The van der Waals surface area contributed by atoms with E-state index in [0.29, 0.717) is 51.3 Å². The Morgan fingerprint density at radius 2 is 1.56 bits per heavy atom. The van der Waals surface area contributed by atoms with E-state index in [4.69, 9.17) is 19.1 Å². The number of ether oxygens (including phenoxy) is 1. The molecule has 9 nitrogen and oxygen atoms in total. The fourth-order valence-electron chi connectivity index (χ4n) is 8.60. The highest BCUT2D eigenvalue weighted by atomic mass is 28.4. The maximum absolute atomic E-state index is 14.1. The van der Waals surface area contributed by atoms with Crippen molar-refractivity contribution in [1.82, 2.24) is 20.2 Å². The van der Waals surface area contributed by atoms with E-state index in [0.717, 1.165) is 30.4 Å². The predicted molar refractivity (Wildman–Crippen MR) is 211 cm³/mol. The number of rotatable bonds is 10. The number of aromatic nitrogens is 2. The topological polar surface area (TPSA) is 89.8 Å². The van der Waals surface area contributed by atoms with Crippen LogP contribution >= 0.6 is 0 Å². The van der Waals surface area contributed by atoms with Crippen LogP contribution in [0.4, 0.5) is 24.7 Å². The van der Waals surface area contributed by atoms with E-state index in [-0.39, 0.29) is 41.5 Å². The molecule has 2 saturated heterocycles. The first-order valence-electron chi connectivity index (χ1n) is 19.2. The number of likely N-dealkylation sites (N-methyl/N-ethyl adjacent to an activating group) is 1. The van der Waals surface area contributed by atoms with Gasteiger partial charge in [-0.2, -0.15) is 28.4 Å². The quantitative estimate of drug-likeness (QED) is 0.202. The SMILES string of the molecule is CN1C[C@H](O[Si](c2ccccc2)(c2ccccc2)C(C)(C)C)C[C@H]1COc1nc2c(c(N3CCNC(CC#N)C3)n1)CCN(c1ccccc1C(F)(F)F)C2. The van der Waals surface area contributed by atoms with E-state index < -0.39 is 20.1 Å². The summed E-state index contributed by atoms with van der Waals surface area (Å²) >= 11 is 0. The monoisotopic (exact) mass is 769 g/mol. The fraction of sp³-hybridized carbons (Fsp3) is 0.452. The smallest absolute Gasteiger partial charge is 0.418 e. The standard InChI is InChI=1S/C42H50F3N7O2Si/c1-41(2,3)55(33-13-7-5-8-14-33,34-15-9-6-10-16-34)54-32-25-31(50(4)27-32)29-53-40-48-37-28-51(38-18-12-11-17-36(38)42(43,44)45)23-20-35(37)39(49-40)52-24-22-47-30(26-52)19-21-46/h5-18,30-32,47H,19-20,22-29H2,1-4H3/t30?,31-,32+/m0/s1. The number of benzene rings is 3. The van der Waals surface area contributed by atoms with E-state index in [1.165, 1.54) is 22.5 Å². The number of para-hydroxylation sites is 1. The zero-order valence-corrected chi connectivity index (χ0v) is 33.0. The minimum Gasteiger partial charge on any atom is -0.462 e. The van der Waals surface area contributed by atoms with Crippen LogP contribution in [0.1, 0.15) is 50.4 Å². The molecule has 13 heteroatoms. The molecule has 7 rings (SSSR count). The average Bonchev–Trinajstić information content (AvgIpc) is 3.53. The van der Waals surface area contributed by atoms with Crippen molar-refractivity contribution >= 4 is 30.2 Å². The zero-order valence-electron chi connectivity index (χ0n) is 32.0. The van der Waals surface area contributed by atoms with Gasteiger partial charge in [0.05, 0.1) is 36.4 Å². The summed E-state index contributed by atoms with van der Waals surface area (Å²) in [6, 6.07) is 29.5. The van der Waals surface area contributed by atoms with E-state index in [1.807, 2.05) is 12.1 Å². The van der Waals surface area contributed by atoms with Gasteiger partial charge in [-0.1, -0.05) is 93.6 Å². The van der Waals surface area contributed by atoms with Crippen molar-refractivity contribution in [2.75, 3.05) is 56.2 Å². The summed E-state index contributed by atoms with van der Waals surface area (Å²) in [5, 5.41) is 15.1. The molecule has 0 bridgehead atoms. The van der Waals surface area contributed by atoms with Crippen LogP contribution in [-0.2, 0) is 23.6 Å². The van der Waals surface area contributed by atoms with Crippen molar-refractivity contribution in [2.45, 2.75) is 76.0 Å². The molecule has 3 aliphatic heterocycles. The molecule has 1 unspecified atom stereocenters. The van der Waals surface area contributed by atoms with Crippen molar-refractivity contribution in [3.63, 3.8) is 0 Å². The molecule has 4 heterocycles. The number of fused-ring (bicyclic) bond motifs is 1. The van der Waals surface area contributed by atoms with Gasteiger partial charge >= 0.3 is 12.2 Å². The van der Waals surface area contributed by atoms with Crippen LogP contribution in [-0.4, -0.2) is 87.8 Å². The highest BCUT2D eigenvalue weighted by molar-refractivity contribution is 6.99. The molecule has 2 fully saturated rings. The number of nitriles is 1. The van der Waals surface area contributed by atoms with Gasteiger partial charge in [-0.05, 0) is 47.4 Å². The molecular formula is C42H50F3N7O2Si. The molecular weight excluding hydrogens is 720 g/mol. The normalized spacial score (nSPS) is 20.9. The molecule has 3 aromatic carbocycles. The highest BCUT2D eigenvalue weighted by Gasteiger charge is 2.52. The molecule has 3 aliphatic rings. The summed E-state index contributed by atoms with van der Waals surface area (Å²) in [7, 11) is -0.673. The lowest BCUT2D eigenvalue weighted by atomic mass is 10.0. The fourth-order valence-corrected chi connectivity index (χ4v) is 13.3. The molecule has 1 aromatic heterocycles. The second kappa shape index (κ2) is 15.9. The average molecular weight is 770 g/mol. The van der Waals surface area contributed by atoms with Crippen LogP contribution in [0, 0.1) is 11.3 Å². The van der Waals surface area contributed by atoms with Crippen LogP contribution in [0.25, 0.3) is 0 Å². The van der Waals surface area contributed by atoms with Gasteiger partial charge in [-0.3, -0.25) is 4.90 Å². The molecule has 4 aromatic rings. The third kappa shape index (κ3) is 8.10. The third-order valence-electron chi connectivity index (χ3n) is 11.3. The number of hydrogen-bond acceptors (Lipinski definition) is 9. The number of halogens is 3. The van der Waals surface area contributed by atoms with Crippen LogP contribution in [0.3, 0.4) is 0 Å². The van der Waals surface area contributed by atoms with Crippen molar-refractivity contribution in [2.24, 2.45) is 0 Å². The van der Waals surface area contributed by atoms with Crippen molar-refractivity contribution in [3.05, 3.63) is 102 Å². The second-order valence-electron chi connectivity index (χ2n) is 15.9. The van der Waals surface area contributed by atoms with Crippen LogP contribution in [0.5, 0.6) is 6.01 Å². The number of alkyl halides is 3. The summed E-state index contributed by atoms with van der Waals surface area (Å²) in [6.45, 7) is 10.5. The Morgan fingerprint density at radius 1 is 0.891 bits per heavy atom. The first-order valence-corrected chi connectivity index (χ1v) is 21.1. The second-order valence-corrected chi connectivity index (χ2v) is 20.2. The van der Waals surface area contributed by atoms with Gasteiger partial charge < -0.3 is 24.3 Å². The van der Waals surface area contributed by atoms with Crippen molar-refractivity contribution in [1.29, 1.82) is 5.26 Å². The van der Waals surface area contributed by atoms with Crippen LogP contribution in [0.15, 0.2) is 84.9 Å². The maximum Gasteiger partial charge on any atom is 0.418 e. The van der Waals surface area contributed by atoms with Gasteiger partial charge in [0.2, 0.25) is 0 Å². The van der Waals surface area contributed by atoms with Gasteiger partial charge in [0.1, 0.15) is 12.4 Å². The van der Waals surface area contributed by atoms with Crippen molar-refractivity contribution in [3.8, 4) is 12.1 Å². The van der Waals surface area contributed by atoms with Gasteiger partial charge in [0.25, 0.3) is 8.32 Å². The Morgan fingerprint density at radius 3 is 2.22 bits per heavy atom. The molecule has 55 heavy (non-hydrogen) atoms. The van der Waals surface area contributed by atoms with Gasteiger partial charge in [-0.15, -0.1) is 0 Å². The van der Waals surface area contributed by atoms with Gasteiger partial charge in [0, 0.05) is 56.1 Å². The maximum atomic E-state index is 14.1. The molecule has 3 atom stereocenters. The van der Waals surface area contributed by atoms with Gasteiger partial charge in [-0.25, -0.2) is 0 Å². The molecule has 0 saturated carbocycles. The molecule has 0 spiro atoms. The minimum atomic E-state index is -4.48. The zero-order chi connectivity index (χ0) is 38.8. The van der Waals surface area contributed by atoms with E-state index in [9.17, 15) is 18.4 Å². The first kappa shape index (κ1) is 38.8. The summed E-state index contributed by atoms with van der Waals surface area (Å²) < 4.78 is 56.2. The van der Waals surface area contributed by atoms with E-state index in [1.54, 1.807) is 11.0 Å². The number of hydrogen-bond donors (Lipinski definition) is 1. The van der Waals surface area contributed by atoms with E-state index >= 15 is 0 Å². The number of anilines is 2. The highest BCUT2D eigenvalue weighted by Crippen LogP contribution is 2.41. The Kier molecular flexibility index (Phi) is 11.2. The first-order chi connectivity index (χ1) is 26.4. The molecule has 1 N–H and O–H groups in total. The summed E-state index contributed by atoms with van der Waals surface area (Å²) in [5.41, 5.74) is 1.05.